The van der Waals surface area contributed by atoms with Gasteiger partial charge in [-0.2, -0.15) is 0 Å². The van der Waals surface area contributed by atoms with Crippen LogP contribution in [-0.2, 0) is 17.7 Å². The lowest BCUT2D eigenvalue weighted by Crippen LogP contribution is -2.15. The SMILES string of the molecule is CCOC(=O)c1c(-c2cc(OC)c(OC)cc2OC)c(C)n2c1-c1cc(OC)c(OC)cc1CC2. The minimum absolute atomic E-state index is 0.254. The van der Waals surface area contributed by atoms with Crippen LogP contribution in [0.4, 0.5) is 0 Å². The van der Waals surface area contributed by atoms with Gasteiger partial charge in [-0.3, -0.25) is 0 Å². The fraction of sp³-hybridized carbons (Fsp3) is 0.370. The Hall–Kier alpha value is -3.81. The van der Waals surface area contributed by atoms with Crippen molar-refractivity contribution in [3.8, 4) is 51.1 Å². The summed E-state index contributed by atoms with van der Waals surface area (Å²) in [5.74, 6) is 2.48. The molecule has 8 heteroatoms. The maximum Gasteiger partial charge on any atom is 0.340 e. The standard InChI is InChI=1S/C27H31NO7/c1-8-35-27(29)25-24(18-13-22(33-6)23(34-7)14-19(18)30-3)15(2)28-10-9-16-11-20(31-4)21(32-5)12-17(16)26(25)28/h11-14H,8-10H2,1-7H3. The Bertz CT molecular complexity index is 1280. The number of hydrogen-bond acceptors (Lipinski definition) is 7. The molecule has 8 nitrogen and oxygen atoms in total. The number of fused-ring (bicyclic) bond motifs is 3. The van der Waals surface area contributed by atoms with Crippen molar-refractivity contribution in [1.82, 2.24) is 4.57 Å². The van der Waals surface area contributed by atoms with Crippen LogP contribution in [0.3, 0.4) is 0 Å². The van der Waals surface area contributed by atoms with Crippen LogP contribution in [-0.4, -0.2) is 52.7 Å². The summed E-state index contributed by atoms with van der Waals surface area (Å²) < 4.78 is 35.6. The minimum Gasteiger partial charge on any atom is -0.496 e. The van der Waals surface area contributed by atoms with Gasteiger partial charge in [-0.1, -0.05) is 0 Å². The minimum atomic E-state index is -0.404. The molecular formula is C27H31NO7. The molecule has 0 atom stereocenters. The highest BCUT2D eigenvalue weighted by atomic mass is 16.5. The quantitative estimate of drug-likeness (QED) is 0.423. The van der Waals surface area contributed by atoms with E-state index in [4.69, 9.17) is 28.4 Å². The van der Waals surface area contributed by atoms with E-state index in [9.17, 15) is 4.79 Å². The second-order valence-corrected chi connectivity index (χ2v) is 8.08. The normalized spacial score (nSPS) is 11.9. The zero-order valence-corrected chi connectivity index (χ0v) is 21.2. The summed E-state index contributed by atoms with van der Waals surface area (Å²) in [5.41, 5.74) is 5.62. The van der Waals surface area contributed by atoms with E-state index >= 15 is 0 Å². The first kappa shape index (κ1) is 24.3. The van der Waals surface area contributed by atoms with Gasteiger partial charge in [0.25, 0.3) is 0 Å². The van der Waals surface area contributed by atoms with Crippen molar-refractivity contribution in [2.75, 3.05) is 42.2 Å². The van der Waals surface area contributed by atoms with Crippen LogP contribution in [0, 0.1) is 6.92 Å². The van der Waals surface area contributed by atoms with Gasteiger partial charge in [-0.15, -0.1) is 0 Å². The van der Waals surface area contributed by atoms with Crippen LogP contribution in [0.1, 0.15) is 28.5 Å². The first-order valence-electron chi connectivity index (χ1n) is 11.4. The van der Waals surface area contributed by atoms with Crippen molar-refractivity contribution in [2.24, 2.45) is 0 Å². The van der Waals surface area contributed by atoms with Crippen LogP contribution < -0.4 is 23.7 Å². The van der Waals surface area contributed by atoms with Gasteiger partial charge in [0.15, 0.2) is 23.0 Å². The number of carbonyl (C=O) groups is 1. The smallest absolute Gasteiger partial charge is 0.340 e. The second kappa shape index (κ2) is 9.82. The predicted octanol–water partition coefficient (Wildman–Crippen LogP) is 4.91. The maximum absolute atomic E-state index is 13.5. The summed E-state index contributed by atoms with van der Waals surface area (Å²) in [6, 6.07) is 7.51. The molecule has 0 aliphatic carbocycles. The molecule has 0 amide bonds. The van der Waals surface area contributed by atoms with Crippen LogP contribution in [0.25, 0.3) is 22.4 Å². The van der Waals surface area contributed by atoms with E-state index in [-0.39, 0.29) is 6.61 Å². The summed E-state index contributed by atoms with van der Waals surface area (Å²) in [5, 5.41) is 0. The number of carbonyl (C=O) groups excluding carboxylic acids is 1. The number of rotatable bonds is 8. The molecule has 3 aromatic rings. The zero-order valence-electron chi connectivity index (χ0n) is 21.2. The first-order chi connectivity index (χ1) is 16.9. The molecule has 35 heavy (non-hydrogen) atoms. The van der Waals surface area contributed by atoms with E-state index in [1.165, 1.54) is 0 Å². The molecule has 186 valence electrons. The van der Waals surface area contributed by atoms with E-state index in [0.717, 1.165) is 40.1 Å². The predicted molar refractivity (Wildman–Crippen MR) is 132 cm³/mol. The van der Waals surface area contributed by atoms with Gasteiger partial charge in [0, 0.05) is 35.0 Å². The summed E-state index contributed by atoms with van der Waals surface area (Å²) in [6.07, 6.45) is 0.781. The van der Waals surface area contributed by atoms with Gasteiger partial charge in [0.1, 0.15) is 5.75 Å². The van der Waals surface area contributed by atoms with Crippen molar-refractivity contribution in [3.05, 3.63) is 41.1 Å². The van der Waals surface area contributed by atoms with E-state index in [0.29, 0.717) is 40.9 Å². The molecule has 4 rings (SSSR count). The van der Waals surface area contributed by atoms with Crippen LogP contribution in [0.2, 0.25) is 0 Å². The molecule has 1 aliphatic heterocycles. The van der Waals surface area contributed by atoms with Gasteiger partial charge in [0.2, 0.25) is 0 Å². The summed E-state index contributed by atoms with van der Waals surface area (Å²) in [7, 11) is 7.96. The molecule has 0 unspecified atom stereocenters. The molecule has 1 aromatic heterocycles. The number of aromatic nitrogens is 1. The molecule has 1 aliphatic rings. The first-order valence-corrected chi connectivity index (χ1v) is 11.4. The molecule has 0 N–H and O–H groups in total. The monoisotopic (exact) mass is 481 g/mol. The van der Waals surface area contributed by atoms with Gasteiger partial charge in [-0.05, 0) is 44.0 Å². The number of esters is 1. The van der Waals surface area contributed by atoms with E-state index in [2.05, 4.69) is 4.57 Å². The summed E-state index contributed by atoms with van der Waals surface area (Å²) in [6.45, 7) is 4.75. The van der Waals surface area contributed by atoms with E-state index < -0.39 is 5.97 Å². The Balaban J connectivity index is 2.08. The van der Waals surface area contributed by atoms with Crippen molar-refractivity contribution >= 4 is 5.97 Å². The number of ether oxygens (including phenoxy) is 6. The third-order valence-corrected chi connectivity index (χ3v) is 6.45. The Morgan fingerprint density at radius 2 is 1.34 bits per heavy atom. The number of methoxy groups -OCH3 is 5. The van der Waals surface area contributed by atoms with Gasteiger partial charge >= 0.3 is 5.97 Å². The Labute approximate surface area is 205 Å². The van der Waals surface area contributed by atoms with Gasteiger partial charge in [0.05, 0.1) is 53.4 Å². The van der Waals surface area contributed by atoms with Gasteiger partial charge < -0.3 is 33.0 Å². The number of aryl methyl sites for hydroxylation is 1. The fourth-order valence-corrected chi connectivity index (χ4v) is 4.83. The molecule has 0 saturated carbocycles. The van der Waals surface area contributed by atoms with Crippen molar-refractivity contribution < 1.29 is 33.2 Å². The van der Waals surface area contributed by atoms with Crippen LogP contribution in [0.5, 0.6) is 28.7 Å². The van der Waals surface area contributed by atoms with E-state index in [1.807, 2.05) is 25.1 Å². The summed E-state index contributed by atoms with van der Waals surface area (Å²) >= 11 is 0. The summed E-state index contributed by atoms with van der Waals surface area (Å²) in [4.78, 5) is 13.5. The number of benzene rings is 2. The lowest BCUT2D eigenvalue weighted by Gasteiger charge is -2.23. The maximum atomic E-state index is 13.5. The molecule has 0 spiro atoms. The van der Waals surface area contributed by atoms with Crippen LogP contribution in [0.15, 0.2) is 24.3 Å². The van der Waals surface area contributed by atoms with Crippen molar-refractivity contribution in [2.45, 2.75) is 26.8 Å². The third-order valence-electron chi connectivity index (χ3n) is 6.45. The largest absolute Gasteiger partial charge is 0.496 e. The fourth-order valence-electron chi connectivity index (χ4n) is 4.83. The molecular weight excluding hydrogens is 450 g/mol. The molecule has 2 heterocycles. The average molecular weight is 482 g/mol. The van der Waals surface area contributed by atoms with Crippen molar-refractivity contribution in [1.29, 1.82) is 0 Å². The molecule has 2 aromatic carbocycles. The highest BCUT2D eigenvalue weighted by Gasteiger charge is 2.33. The molecule has 0 bridgehead atoms. The third kappa shape index (κ3) is 3.92. The van der Waals surface area contributed by atoms with E-state index in [1.54, 1.807) is 48.5 Å². The molecule has 0 saturated heterocycles. The molecule has 0 radical (unpaired) electrons. The number of nitrogens with zero attached hydrogens (tertiary/aromatic N) is 1. The average Bonchev–Trinajstić information content (AvgIpc) is 3.19. The topological polar surface area (TPSA) is 77.4 Å². The Morgan fingerprint density at radius 1 is 0.800 bits per heavy atom. The zero-order chi connectivity index (χ0) is 25.3. The second-order valence-electron chi connectivity index (χ2n) is 8.08. The highest BCUT2D eigenvalue weighted by molar-refractivity contribution is 6.06. The van der Waals surface area contributed by atoms with Gasteiger partial charge in [-0.25, -0.2) is 4.79 Å². The lowest BCUT2D eigenvalue weighted by atomic mass is 9.93. The van der Waals surface area contributed by atoms with Crippen LogP contribution >= 0.6 is 0 Å². The highest BCUT2D eigenvalue weighted by Crippen LogP contribution is 2.49. The van der Waals surface area contributed by atoms with Crippen molar-refractivity contribution in [3.63, 3.8) is 0 Å². The Kier molecular flexibility index (Phi) is 6.82. The number of hydrogen-bond donors (Lipinski definition) is 0. The molecule has 0 fully saturated rings. The Morgan fingerprint density at radius 3 is 1.91 bits per heavy atom. The lowest BCUT2D eigenvalue weighted by molar-refractivity contribution is 0.0528.